The van der Waals surface area contributed by atoms with Gasteiger partial charge in [0.05, 0.1) is 11.6 Å². The highest BCUT2D eigenvalue weighted by Crippen LogP contribution is 2.31. The van der Waals surface area contributed by atoms with E-state index >= 15 is 0 Å². The maximum atomic E-state index is 13.4. The van der Waals surface area contributed by atoms with Crippen LogP contribution in [0.5, 0.6) is 0 Å². The third-order valence-electron chi connectivity index (χ3n) is 6.75. The first kappa shape index (κ1) is 24.3. The van der Waals surface area contributed by atoms with Crippen LogP contribution in [0.15, 0.2) is 94.4 Å². The van der Waals surface area contributed by atoms with Crippen molar-refractivity contribution in [2.24, 2.45) is 5.10 Å². The third-order valence-corrected chi connectivity index (χ3v) is 6.75. The minimum absolute atomic E-state index is 0.212. The molecule has 4 aromatic rings. The van der Waals surface area contributed by atoms with Crippen molar-refractivity contribution in [3.8, 4) is 0 Å². The lowest BCUT2D eigenvalue weighted by Gasteiger charge is -2.18. The van der Waals surface area contributed by atoms with Crippen LogP contribution in [0.4, 0.5) is 5.69 Å². The second kappa shape index (κ2) is 10.7. The summed E-state index contributed by atoms with van der Waals surface area (Å²) in [4.78, 5) is 26.5. The summed E-state index contributed by atoms with van der Waals surface area (Å²) in [6.07, 6.45) is 2.24. The molecule has 0 radical (unpaired) electrons. The van der Waals surface area contributed by atoms with Gasteiger partial charge in [0.15, 0.2) is 5.76 Å². The van der Waals surface area contributed by atoms with Crippen LogP contribution >= 0.6 is 0 Å². The molecule has 6 nitrogen and oxygen atoms in total. The number of hydrogen-bond acceptors (Lipinski definition) is 4. The highest BCUT2D eigenvalue weighted by molar-refractivity contribution is 6.09. The Labute approximate surface area is 216 Å². The quantitative estimate of drug-likeness (QED) is 0.318. The summed E-state index contributed by atoms with van der Waals surface area (Å²) in [5.74, 6) is 0.0131. The Kier molecular flexibility index (Phi) is 6.99. The molecule has 0 aliphatic heterocycles. The number of aryl methyl sites for hydroxylation is 2. The predicted octanol–water partition coefficient (Wildman–Crippen LogP) is 6.14. The molecule has 1 aliphatic carbocycles. The van der Waals surface area contributed by atoms with Crippen molar-refractivity contribution in [3.05, 3.63) is 124 Å². The molecule has 0 fully saturated rings. The predicted molar refractivity (Wildman–Crippen MR) is 145 cm³/mol. The summed E-state index contributed by atoms with van der Waals surface area (Å²) in [5.41, 5.74) is 8.59. The number of rotatable bonds is 6. The molecule has 1 heterocycles. The Hall–Kier alpha value is -4.45. The number of para-hydroxylation sites is 1. The molecule has 186 valence electrons. The third kappa shape index (κ3) is 5.09. The van der Waals surface area contributed by atoms with Crippen molar-refractivity contribution in [1.82, 2.24) is 5.43 Å². The van der Waals surface area contributed by atoms with Crippen molar-refractivity contribution in [2.75, 3.05) is 5.32 Å². The number of anilines is 1. The molecule has 6 heteroatoms. The fourth-order valence-electron chi connectivity index (χ4n) is 4.86. The number of hydrazone groups is 1. The molecule has 0 saturated carbocycles. The lowest BCUT2D eigenvalue weighted by atomic mass is 9.90. The fraction of sp³-hybridized carbons (Fsp3) is 0.194. The van der Waals surface area contributed by atoms with Crippen LogP contribution in [-0.4, -0.2) is 17.5 Å². The van der Waals surface area contributed by atoms with Gasteiger partial charge in [0.25, 0.3) is 11.8 Å². The average Bonchev–Trinajstić information content (AvgIpc) is 3.27. The van der Waals surface area contributed by atoms with Crippen LogP contribution in [0.2, 0.25) is 0 Å². The number of hydrogen-bond donors (Lipinski definition) is 2. The first-order chi connectivity index (χ1) is 18.0. The smallest absolute Gasteiger partial charge is 0.291 e. The van der Waals surface area contributed by atoms with E-state index in [1.165, 1.54) is 0 Å². The maximum Gasteiger partial charge on any atom is 0.291 e. The minimum atomic E-state index is -0.490. The van der Waals surface area contributed by atoms with Crippen LogP contribution in [0, 0.1) is 13.8 Å². The number of nitrogens with zero attached hydrogens (tertiary/aromatic N) is 1. The maximum absolute atomic E-state index is 13.4. The van der Waals surface area contributed by atoms with E-state index in [4.69, 9.17) is 4.42 Å². The summed E-state index contributed by atoms with van der Waals surface area (Å²) >= 11 is 0. The molecular weight excluding hydrogens is 462 g/mol. The Bertz CT molecular complexity index is 1420. The molecule has 2 N–H and O–H groups in total. The second-order valence-electron chi connectivity index (χ2n) is 9.27. The van der Waals surface area contributed by atoms with Gasteiger partial charge in [0, 0.05) is 23.2 Å². The fourth-order valence-corrected chi connectivity index (χ4v) is 4.86. The van der Waals surface area contributed by atoms with E-state index in [-0.39, 0.29) is 17.6 Å². The Morgan fingerprint density at radius 1 is 0.838 bits per heavy atom. The molecule has 1 aromatic heterocycles. The number of amides is 2. The number of carbonyl (C=O) groups is 2. The van der Waals surface area contributed by atoms with Gasteiger partial charge in [0.2, 0.25) is 0 Å². The first-order valence-electron chi connectivity index (χ1n) is 12.5. The summed E-state index contributed by atoms with van der Waals surface area (Å²) in [6.45, 7) is 3.82. The Balaban J connectivity index is 1.41. The molecule has 0 bridgehead atoms. The number of benzene rings is 3. The van der Waals surface area contributed by atoms with E-state index in [1.807, 2.05) is 98.8 Å². The van der Waals surface area contributed by atoms with E-state index in [0.717, 1.165) is 57.8 Å². The lowest BCUT2D eigenvalue weighted by molar-refractivity contribution is -0.121. The van der Waals surface area contributed by atoms with Gasteiger partial charge in [-0.2, -0.15) is 5.10 Å². The van der Waals surface area contributed by atoms with Gasteiger partial charge in [-0.3, -0.25) is 9.59 Å². The first-order valence-corrected chi connectivity index (χ1v) is 12.5. The van der Waals surface area contributed by atoms with E-state index in [0.29, 0.717) is 6.42 Å². The van der Waals surface area contributed by atoms with Crippen LogP contribution in [0.3, 0.4) is 0 Å². The Morgan fingerprint density at radius 3 is 2.11 bits per heavy atom. The number of carbonyl (C=O) groups excluding carboxylic acids is 2. The number of furan rings is 1. The van der Waals surface area contributed by atoms with E-state index in [9.17, 15) is 9.59 Å². The molecule has 0 unspecified atom stereocenters. The molecule has 0 saturated heterocycles. The van der Waals surface area contributed by atoms with Gasteiger partial charge >= 0.3 is 0 Å². The van der Waals surface area contributed by atoms with Crippen molar-refractivity contribution < 1.29 is 14.0 Å². The summed E-state index contributed by atoms with van der Waals surface area (Å²) in [7, 11) is 0. The van der Waals surface area contributed by atoms with Gasteiger partial charge in [0.1, 0.15) is 5.76 Å². The normalized spacial score (nSPS) is 13.9. The standard InChI is InChI=1S/C31H29N3O3/c1-20-12-9-10-17-24(20)32-31(36)29-21(2)27-25(18-11-19-26(27)37-29)33-34-30(35)28(22-13-5-3-6-14-22)23-15-7-4-8-16-23/h3-10,12-17,28H,11,18-19H2,1-2H3,(H,32,36)(H,34,35)/b33-25+. The number of fused-ring (bicyclic) bond motifs is 1. The van der Waals surface area contributed by atoms with E-state index in [1.54, 1.807) is 0 Å². The molecular formula is C31H29N3O3. The van der Waals surface area contributed by atoms with Gasteiger partial charge in [-0.1, -0.05) is 78.9 Å². The van der Waals surface area contributed by atoms with Crippen molar-refractivity contribution in [1.29, 1.82) is 0 Å². The zero-order valence-electron chi connectivity index (χ0n) is 21.0. The van der Waals surface area contributed by atoms with E-state index in [2.05, 4.69) is 15.8 Å². The largest absolute Gasteiger partial charge is 0.455 e. The van der Waals surface area contributed by atoms with Gasteiger partial charge in [-0.15, -0.1) is 0 Å². The van der Waals surface area contributed by atoms with Gasteiger partial charge < -0.3 is 9.73 Å². The van der Waals surface area contributed by atoms with Gasteiger partial charge in [-0.05, 0) is 49.4 Å². The van der Waals surface area contributed by atoms with Crippen molar-refractivity contribution >= 4 is 23.2 Å². The Morgan fingerprint density at radius 2 is 1.46 bits per heavy atom. The van der Waals surface area contributed by atoms with Crippen LogP contribution in [0.1, 0.15) is 62.9 Å². The lowest BCUT2D eigenvalue weighted by Crippen LogP contribution is -2.28. The minimum Gasteiger partial charge on any atom is -0.455 e. The second-order valence-corrected chi connectivity index (χ2v) is 9.27. The van der Waals surface area contributed by atoms with Crippen molar-refractivity contribution in [3.63, 3.8) is 0 Å². The van der Waals surface area contributed by atoms with Crippen LogP contribution in [-0.2, 0) is 11.2 Å². The monoisotopic (exact) mass is 491 g/mol. The van der Waals surface area contributed by atoms with Crippen LogP contribution in [0.25, 0.3) is 0 Å². The zero-order valence-corrected chi connectivity index (χ0v) is 21.0. The number of nitrogens with one attached hydrogen (secondary N) is 2. The highest BCUT2D eigenvalue weighted by Gasteiger charge is 2.29. The molecule has 37 heavy (non-hydrogen) atoms. The topological polar surface area (TPSA) is 83.7 Å². The SMILES string of the molecule is Cc1ccccc1NC(=O)c1oc2c(c1C)/C(=N/NC(=O)C(c1ccccc1)c1ccccc1)CCC2. The van der Waals surface area contributed by atoms with Gasteiger partial charge in [-0.25, -0.2) is 5.43 Å². The zero-order chi connectivity index (χ0) is 25.8. The molecule has 0 spiro atoms. The molecule has 5 rings (SSSR count). The summed E-state index contributed by atoms with van der Waals surface area (Å²) in [5, 5.41) is 7.50. The molecule has 3 aromatic carbocycles. The highest BCUT2D eigenvalue weighted by atomic mass is 16.4. The van der Waals surface area contributed by atoms with E-state index < -0.39 is 5.92 Å². The average molecular weight is 492 g/mol. The summed E-state index contributed by atoms with van der Waals surface area (Å²) in [6, 6.07) is 27.0. The molecule has 1 aliphatic rings. The summed E-state index contributed by atoms with van der Waals surface area (Å²) < 4.78 is 6.03. The van der Waals surface area contributed by atoms with Crippen LogP contribution < -0.4 is 10.7 Å². The molecule has 2 amide bonds. The van der Waals surface area contributed by atoms with Crippen molar-refractivity contribution in [2.45, 2.75) is 39.0 Å². The molecule has 0 atom stereocenters.